The lowest BCUT2D eigenvalue weighted by Crippen LogP contribution is -2.39. The van der Waals surface area contributed by atoms with Crippen molar-refractivity contribution in [2.24, 2.45) is 5.92 Å². The molecule has 1 N–H and O–H groups in total. The van der Waals surface area contributed by atoms with Crippen molar-refractivity contribution >= 4 is 5.91 Å². The number of hydrogen-bond acceptors (Lipinski definition) is 2. The molecule has 0 radical (unpaired) electrons. The van der Waals surface area contributed by atoms with E-state index in [2.05, 4.69) is 17.1 Å². The van der Waals surface area contributed by atoms with E-state index in [9.17, 15) is 4.79 Å². The van der Waals surface area contributed by atoms with Crippen molar-refractivity contribution in [2.75, 3.05) is 19.6 Å². The van der Waals surface area contributed by atoms with Gasteiger partial charge >= 0.3 is 0 Å². The van der Waals surface area contributed by atoms with E-state index in [1.807, 2.05) is 0 Å². The third-order valence-corrected chi connectivity index (χ3v) is 4.05. The smallest absolute Gasteiger partial charge is 0.224 e. The summed E-state index contributed by atoms with van der Waals surface area (Å²) in [6.45, 7) is 5.31. The predicted octanol–water partition coefficient (Wildman–Crippen LogP) is 1.78. The van der Waals surface area contributed by atoms with Crippen LogP contribution in [0.1, 0.15) is 45.4 Å². The van der Waals surface area contributed by atoms with Gasteiger partial charge in [-0.15, -0.1) is 0 Å². The average Bonchev–Trinajstić information content (AvgIpc) is 2.79. The van der Waals surface area contributed by atoms with Gasteiger partial charge in [0.2, 0.25) is 5.91 Å². The fourth-order valence-electron chi connectivity index (χ4n) is 2.83. The van der Waals surface area contributed by atoms with Crippen LogP contribution in [0.2, 0.25) is 0 Å². The highest BCUT2D eigenvalue weighted by molar-refractivity contribution is 5.77. The van der Waals surface area contributed by atoms with Crippen molar-refractivity contribution in [3.8, 4) is 0 Å². The van der Waals surface area contributed by atoms with E-state index < -0.39 is 0 Å². The summed E-state index contributed by atoms with van der Waals surface area (Å²) in [4.78, 5) is 14.1. The van der Waals surface area contributed by atoms with Crippen LogP contribution in [-0.2, 0) is 4.79 Å². The van der Waals surface area contributed by atoms with E-state index in [1.165, 1.54) is 32.1 Å². The molecule has 2 unspecified atom stereocenters. The number of nitrogens with zero attached hydrogens (tertiary/aromatic N) is 1. The summed E-state index contributed by atoms with van der Waals surface area (Å²) >= 11 is 0. The largest absolute Gasteiger partial charge is 0.342 e. The minimum atomic E-state index is 0.371. The van der Waals surface area contributed by atoms with Gasteiger partial charge < -0.3 is 10.2 Å². The summed E-state index contributed by atoms with van der Waals surface area (Å²) in [5, 5.41) is 3.45. The standard InChI is InChI=1S/C13H24N2O/c1-2-11-6-8-15(10-11)13(16)9-12-5-3-4-7-14-12/h11-12,14H,2-10H2,1H3. The van der Waals surface area contributed by atoms with Crippen LogP contribution in [0.3, 0.4) is 0 Å². The molecule has 2 saturated heterocycles. The molecule has 0 spiro atoms. The molecule has 2 heterocycles. The second-order valence-electron chi connectivity index (χ2n) is 5.25. The summed E-state index contributed by atoms with van der Waals surface area (Å²) in [7, 11) is 0. The first-order valence-electron chi connectivity index (χ1n) is 6.80. The van der Waals surface area contributed by atoms with Crippen molar-refractivity contribution in [1.29, 1.82) is 0 Å². The van der Waals surface area contributed by atoms with Gasteiger partial charge in [-0.05, 0) is 31.7 Å². The summed E-state index contributed by atoms with van der Waals surface area (Å²) in [6, 6.07) is 0.446. The molecular weight excluding hydrogens is 200 g/mol. The third-order valence-electron chi connectivity index (χ3n) is 4.05. The molecule has 2 aliphatic heterocycles. The molecule has 0 aliphatic carbocycles. The van der Waals surface area contributed by atoms with Crippen LogP contribution in [-0.4, -0.2) is 36.5 Å². The Morgan fingerprint density at radius 3 is 2.88 bits per heavy atom. The number of nitrogens with one attached hydrogen (secondary N) is 1. The maximum absolute atomic E-state index is 12.1. The summed E-state index contributed by atoms with van der Waals surface area (Å²) in [6.07, 6.45) is 6.87. The van der Waals surface area contributed by atoms with Crippen molar-refractivity contribution in [2.45, 2.75) is 51.5 Å². The van der Waals surface area contributed by atoms with Gasteiger partial charge in [-0.1, -0.05) is 19.8 Å². The van der Waals surface area contributed by atoms with Crippen LogP contribution in [0.25, 0.3) is 0 Å². The van der Waals surface area contributed by atoms with Crippen LogP contribution < -0.4 is 5.32 Å². The van der Waals surface area contributed by atoms with E-state index in [-0.39, 0.29) is 0 Å². The van der Waals surface area contributed by atoms with Crippen LogP contribution >= 0.6 is 0 Å². The normalized spacial score (nSPS) is 30.7. The molecular formula is C13H24N2O. The molecule has 0 aromatic carbocycles. The zero-order valence-electron chi connectivity index (χ0n) is 10.4. The SMILES string of the molecule is CCC1CCN(C(=O)CC2CCCCN2)C1. The third kappa shape index (κ3) is 2.97. The maximum atomic E-state index is 12.1. The minimum Gasteiger partial charge on any atom is -0.342 e. The molecule has 0 bridgehead atoms. The number of piperidine rings is 1. The Morgan fingerprint density at radius 2 is 2.25 bits per heavy atom. The van der Waals surface area contributed by atoms with Gasteiger partial charge in [0, 0.05) is 25.6 Å². The van der Waals surface area contributed by atoms with Crippen molar-refractivity contribution in [1.82, 2.24) is 10.2 Å². The Labute approximate surface area is 98.6 Å². The maximum Gasteiger partial charge on any atom is 0.224 e. The second-order valence-corrected chi connectivity index (χ2v) is 5.25. The Balaban J connectivity index is 1.75. The predicted molar refractivity (Wildman–Crippen MR) is 65.2 cm³/mol. The fourth-order valence-corrected chi connectivity index (χ4v) is 2.83. The summed E-state index contributed by atoms with van der Waals surface area (Å²) in [5.41, 5.74) is 0. The molecule has 2 rings (SSSR count). The monoisotopic (exact) mass is 224 g/mol. The van der Waals surface area contributed by atoms with E-state index in [0.717, 1.165) is 32.0 Å². The molecule has 3 nitrogen and oxygen atoms in total. The Kier molecular flexibility index (Phi) is 4.22. The number of amides is 1. The number of carbonyl (C=O) groups excluding carboxylic acids is 1. The highest BCUT2D eigenvalue weighted by Gasteiger charge is 2.26. The molecule has 16 heavy (non-hydrogen) atoms. The second kappa shape index (κ2) is 5.67. The van der Waals surface area contributed by atoms with Crippen molar-refractivity contribution in [3.05, 3.63) is 0 Å². The zero-order valence-corrected chi connectivity index (χ0v) is 10.4. The number of hydrogen-bond donors (Lipinski definition) is 1. The quantitative estimate of drug-likeness (QED) is 0.792. The first-order chi connectivity index (χ1) is 7.79. The van der Waals surface area contributed by atoms with Crippen LogP contribution in [0.15, 0.2) is 0 Å². The lowest BCUT2D eigenvalue weighted by molar-refractivity contribution is -0.130. The lowest BCUT2D eigenvalue weighted by Gasteiger charge is -2.25. The van der Waals surface area contributed by atoms with Gasteiger partial charge in [0.25, 0.3) is 0 Å². The van der Waals surface area contributed by atoms with Gasteiger partial charge in [0.15, 0.2) is 0 Å². The highest BCUT2D eigenvalue weighted by atomic mass is 16.2. The van der Waals surface area contributed by atoms with Gasteiger partial charge in [-0.3, -0.25) is 4.79 Å². The molecule has 1 amide bonds. The van der Waals surface area contributed by atoms with E-state index in [0.29, 0.717) is 11.9 Å². The molecule has 2 atom stereocenters. The van der Waals surface area contributed by atoms with Gasteiger partial charge in [-0.25, -0.2) is 0 Å². The Bertz CT molecular complexity index is 236. The molecule has 2 aliphatic rings. The molecule has 3 heteroatoms. The molecule has 2 fully saturated rings. The summed E-state index contributed by atoms with van der Waals surface area (Å²) < 4.78 is 0. The van der Waals surface area contributed by atoms with Gasteiger partial charge in [-0.2, -0.15) is 0 Å². The fraction of sp³-hybridized carbons (Fsp3) is 0.923. The Hall–Kier alpha value is -0.570. The van der Waals surface area contributed by atoms with E-state index >= 15 is 0 Å². The molecule has 0 saturated carbocycles. The van der Waals surface area contributed by atoms with E-state index in [4.69, 9.17) is 0 Å². The number of carbonyl (C=O) groups is 1. The number of rotatable bonds is 3. The van der Waals surface area contributed by atoms with Crippen molar-refractivity contribution in [3.63, 3.8) is 0 Å². The summed E-state index contributed by atoms with van der Waals surface area (Å²) in [5.74, 6) is 1.12. The first-order valence-corrected chi connectivity index (χ1v) is 6.80. The highest BCUT2D eigenvalue weighted by Crippen LogP contribution is 2.21. The Morgan fingerprint density at radius 1 is 1.38 bits per heavy atom. The minimum absolute atomic E-state index is 0.371. The average molecular weight is 224 g/mol. The zero-order chi connectivity index (χ0) is 11.4. The van der Waals surface area contributed by atoms with Crippen molar-refractivity contribution < 1.29 is 4.79 Å². The molecule has 0 aromatic heterocycles. The van der Waals surface area contributed by atoms with Crippen LogP contribution in [0.5, 0.6) is 0 Å². The van der Waals surface area contributed by atoms with Gasteiger partial charge in [0.05, 0.1) is 0 Å². The van der Waals surface area contributed by atoms with Gasteiger partial charge in [0.1, 0.15) is 0 Å². The molecule has 92 valence electrons. The topological polar surface area (TPSA) is 32.3 Å². The van der Waals surface area contributed by atoms with Crippen LogP contribution in [0, 0.1) is 5.92 Å². The van der Waals surface area contributed by atoms with E-state index in [1.54, 1.807) is 0 Å². The number of likely N-dealkylation sites (tertiary alicyclic amines) is 1. The molecule has 0 aromatic rings. The first kappa shape index (κ1) is 11.9. The lowest BCUT2D eigenvalue weighted by atomic mass is 10.0. The van der Waals surface area contributed by atoms with Crippen LogP contribution in [0.4, 0.5) is 0 Å².